The van der Waals surface area contributed by atoms with Gasteiger partial charge in [0.1, 0.15) is 0 Å². The maximum Gasteiger partial charge on any atom is 0.327 e. The summed E-state index contributed by atoms with van der Waals surface area (Å²) in [4.78, 5) is 28.2. The number of hydrogen-bond donors (Lipinski definition) is 2. The van der Waals surface area contributed by atoms with Crippen LogP contribution in [0.3, 0.4) is 0 Å². The summed E-state index contributed by atoms with van der Waals surface area (Å²) < 4.78 is 0. The number of rotatable bonds is 2. The zero-order valence-electron chi connectivity index (χ0n) is 16.6. The Morgan fingerprint density at radius 1 is 1.21 bits per heavy atom. The van der Waals surface area contributed by atoms with E-state index in [1.807, 2.05) is 37.4 Å². The molecule has 2 amide bonds. The van der Waals surface area contributed by atoms with Gasteiger partial charge in [-0.25, -0.2) is 9.78 Å². The van der Waals surface area contributed by atoms with E-state index >= 15 is 0 Å². The minimum atomic E-state index is -0.220. The van der Waals surface area contributed by atoms with E-state index in [9.17, 15) is 4.79 Å². The molecule has 3 aromatic rings. The minimum Gasteiger partial charge on any atom is -0.382 e. The Balaban J connectivity index is 1.74. The SMILES string of the molecule is Cc1cncc(-c2ccc3c(n2)N(C(=O)Nc2cccnc2)[C@H](C)CCCN3)c1. The minimum absolute atomic E-state index is 0.00547. The summed E-state index contributed by atoms with van der Waals surface area (Å²) in [5.74, 6) is 0.623. The predicted molar refractivity (Wildman–Crippen MR) is 115 cm³/mol. The fourth-order valence-corrected chi connectivity index (χ4v) is 3.50. The van der Waals surface area contributed by atoms with Crippen LogP contribution in [-0.2, 0) is 0 Å². The molecule has 0 unspecified atom stereocenters. The highest BCUT2D eigenvalue weighted by Crippen LogP contribution is 2.32. The largest absolute Gasteiger partial charge is 0.382 e. The van der Waals surface area contributed by atoms with Crippen LogP contribution in [0.2, 0.25) is 0 Å². The van der Waals surface area contributed by atoms with E-state index in [1.165, 1.54) is 0 Å². The van der Waals surface area contributed by atoms with Crippen LogP contribution in [0, 0.1) is 6.92 Å². The molecule has 0 saturated carbocycles. The molecule has 0 spiro atoms. The molecule has 0 aromatic carbocycles. The average molecular weight is 388 g/mol. The smallest absolute Gasteiger partial charge is 0.327 e. The summed E-state index contributed by atoms with van der Waals surface area (Å²) in [7, 11) is 0. The number of aromatic nitrogens is 3. The molecule has 1 aliphatic heterocycles. The van der Waals surface area contributed by atoms with E-state index in [-0.39, 0.29) is 12.1 Å². The number of anilines is 3. The third kappa shape index (κ3) is 4.18. The lowest BCUT2D eigenvalue weighted by Crippen LogP contribution is -2.43. The van der Waals surface area contributed by atoms with Crippen molar-refractivity contribution < 1.29 is 4.79 Å². The van der Waals surface area contributed by atoms with Crippen molar-refractivity contribution in [3.05, 3.63) is 60.7 Å². The van der Waals surface area contributed by atoms with Gasteiger partial charge in [0.05, 0.1) is 23.3 Å². The van der Waals surface area contributed by atoms with Gasteiger partial charge in [0.15, 0.2) is 5.82 Å². The highest BCUT2D eigenvalue weighted by molar-refractivity contribution is 6.03. The number of nitrogens with zero attached hydrogens (tertiary/aromatic N) is 4. The van der Waals surface area contributed by atoms with Crippen LogP contribution in [-0.4, -0.2) is 33.6 Å². The zero-order valence-corrected chi connectivity index (χ0v) is 16.6. The summed E-state index contributed by atoms with van der Waals surface area (Å²) >= 11 is 0. The first kappa shape index (κ1) is 18.9. The van der Waals surface area contributed by atoms with Gasteiger partial charge in [-0.3, -0.25) is 14.9 Å². The average Bonchev–Trinajstić information content (AvgIpc) is 2.71. The molecule has 0 radical (unpaired) electrons. The molecule has 2 N–H and O–H groups in total. The number of aryl methyl sites for hydroxylation is 1. The van der Waals surface area contributed by atoms with Crippen LogP contribution < -0.4 is 15.5 Å². The zero-order chi connectivity index (χ0) is 20.2. The monoisotopic (exact) mass is 388 g/mol. The maximum atomic E-state index is 13.2. The van der Waals surface area contributed by atoms with Crippen LogP contribution in [0.1, 0.15) is 25.3 Å². The first-order valence-corrected chi connectivity index (χ1v) is 9.79. The number of pyridine rings is 3. The molecule has 4 rings (SSSR count). The standard InChI is InChI=1S/C22H24N6O/c1-15-11-17(13-24-12-15)19-7-8-20-21(27-19)28(16(2)5-3-10-25-20)22(29)26-18-6-4-9-23-14-18/h4,6-9,11-14,16,25H,3,5,10H2,1-2H3,(H,26,29)/t16-/m1/s1. The van der Waals surface area contributed by atoms with Gasteiger partial charge in [-0.2, -0.15) is 0 Å². The second kappa shape index (κ2) is 8.26. The van der Waals surface area contributed by atoms with Crippen molar-refractivity contribution in [3.8, 4) is 11.3 Å². The summed E-state index contributed by atoms with van der Waals surface area (Å²) in [5.41, 5.74) is 4.28. The molecule has 3 aromatic heterocycles. The maximum absolute atomic E-state index is 13.2. The topological polar surface area (TPSA) is 83.0 Å². The highest BCUT2D eigenvalue weighted by atomic mass is 16.2. The Morgan fingerprint density at radius 2 is 2.10 bits per heavy atom. The lowest BCUT2D eigenvalue weighted by atomic mass is 10.1. The summed E-state index contributed by atoms with van der Waals surface area (Å²) in [5, 5.41) is 6.36. The number of carbonyl (C=O) groups is 1. The van der Waals surface area contributed by atoms with E-state index < -0.39 is 0 Å². The lowest BCUT2D eigenvalue weighted by Gasteiger charge is -2.32. The third-order valence-electron chi connectivity index (χ3n) is 4.96. The highest BCUT2D eigenvalue weighted by Gasteiger charge is 2.28. The fourth-order valence-electron chi connectivity index (χ4n) is 3.50. The number of carbonyl (C=O) groups excluding carboxylic acids is 1. The van der Waals surface area contributed by atoms with Gasteiger partial charge in [0, 0.05) is 36.7 Å². The number of nitrogens with one attached hydrogen (secondary N) is 2. The summed E-state index contributed by atoms with van der Waals surface area (Å²) in [6, 6.07) is 9.40. The predicted octanol–water partition coefficient (Wildman–Crippen LogP) is 4.48. The van der Waals surface area contributed by atoms with Crippen molar-refractivity contribution in [1.82, 2.24) is 15.0 Å². The third-order valence-corrected chi connectivity index (χ3v) is 4.96. The Hall–Kier alpha value is -3.48. The van der Waals surface area contributed by atoms with Gasteiger partial charge in [-0.1, -0.05) is 0 Å². The van der Waals surface area contributed by atoms with Gasteiger partial charge in [-0.05, 0) is 62.6 Å². The number of hydrogen-bond acceptors (Lipinski definition) is 5. The Kier molecular flexibility index (Phi) is 5.37. The van der Waals surface area contributed by atoms with Crippen molar-refractivity contribution in [3.63, 3.8) is 0 Å². The number of amides is 2. The number of fused-ring (bicyclic) bond motifs is 1. The molecular weight excluding hydrogens is 364 g/mol. The molecule has 1 atom stereocenters. The van der Waals surface area contributed by atoms with E-state index in [1.54, 1.807) is 29.6 Å². The van der Waals surface area contributed by atoms with Gasteiger partial charge in [0.25, 0.3) is 0 Å². The van der Waals surface area contributed by atoms with Crippen molar-refractivity contribution in [2.24, 2.45) is 0 Å². The van der Waals surface area contributed by atoms with Crippen molar-refractivity contribution >= 4 is 23.2 Å². The first-order chi connectivity index (χ1) is 14.1. The molecular formula is C22H24N6O. The molecule has 7 nitrogen and oxygen atoms in total. The van der Waals surface area contributed by atoms with Crippen molar-refractivity contribution in [2.75, 3.05) is 22.1 Å². The molecule has 4 heterocycles. The molecule has 0 bridgehead atoms. The van der Waals surface area contributed by atoms with Crippen LogP contribution >= 0.6 is 0 Å². The quantitative estimate of drug-likeness (QED) is 0.676. The van der Waals surface area contributed by atoms with Crippen LogP contribution in [0.25, 0.3) is 11.3 Å². The van der Waals surface area contributed by atoms with Crippen molar-refractivity contribution in [1.29, 1.82) is 0 Å². The molecule has 0 saturated heterocycles. The first-order valence-electron chi connectivity index (χ1n) is 9.79. The second-order valence-corrected chi connectivity index (χ2v) is 7.28. The van der Waals surface area contributed by atoms with E-state index in [0.29, 0.717) is 11.5 Å². The van der Waals surface area contributed by atoms with E-state index in [2.05, 4.69) is 27.5 Å². The van der Waals surface area contributed by atoms with Gasteiger partial charge >= 0.3 is 6.03 Å². The summed E-state index contributed by atoms with van der Waals surface area (Å²) in [6.45, 7) is 4.91. The Bertz CT molecular complexity index is 1010. The van der Waals surface area contributed by atoms with Crippen LogP contribution in [0.4, 0.5) is 22.0 Å². The van der Waals surface area contributed by atoms with E-state index in [0.717, 1.165) is 41.9 Å². The van der Waals surface area contributed by atoms with Crippen LogP contribution in [0.15, 0.2) is 55.1 Å². The molecule has 148 valence electrons. The molecule has 0 aliphatic carbocycles. The molecule has 1 aliphatic rings. The van der Waals surface area contributed by atoms with Gasteiger partial charge < -0.3 is 10.6 Å². The molecule has 7 heteroatoms. The fraction of sp³-hybridized carbons (Fsp3) is 0.273. The summed E-state index contributed by atoms with van der Waals surface area (Å²) in [6.07, 6.45) is 8.77. The van der Waals surface area contributed by atoms with Crippen molar-refractivity contribution in [2.45, 2.75) is 32.7 Å². The lowest BCUT2D eigenvalue weighted by molar-refractivity contribution is 0.254. The number of urea groups is 1. The second-order valence-electron chi connectivity index (χ2n) is 7.28. The Morgan fingerprint density at radius 3 is 2.90 bits per heavy atom. The molecule has 0 fully saturated rings. The normalized spacial score (nSPS) is 16.2. The van der Waals surface area contributed by atoms with Gasteiger partial charge in [-0.15, -0.1) is 0 Å². The van der Waals surface area contributed by atoms with Crippen LogP contribution in [0.5, 0.6) is 0 Å². The molecule has 29 heavy (non-hydrogen) atoms. The Labute approximate surface area is 170 Å². The van der Waals surface area contributed by atoms with Gasteiger partial charge in [0.2, 0.25) is 0 Å². The van der Waals surface area contributed by atoms with E-state index in [4.69, 9.17) is 4.98 Å².